The molecule has 0 spiro atoms. The van der Waals surface area contributed by atoms with Gasteiger partial charge in [-0.1, -0.05) is 225 Å². The van der Waals surface area contributed by atoms with Crippen molar-refractivity contribution in [2.24, 2.45) is 5.92 Å². The molecule has 1 rings (SSSR count). The van der Waals surface area contributed by atoms with Crippen LogP contribution >= 0.6 is 0 Å². The van der Waals surface area contributed by atoms with Crippen LogP contribution in [0.3, 0.4) is 0 Å². The lowest BCUT2D eigenvalue weighted by Crippen LogP contribution is -2.06. The number of unbranched alkanes of at least 4 members (excludes halogenated alkanes) is 34. The third kappa shape index (κ3) is 31.9. The fourth-order valence-electron chi connectivity index (χ4n) is 7.27. The SMILES string of the molecule is CCCCCCCCCCCCCCCCCCCCCCCCCCCCCCCCCC=CCCCCCC1CC(=O)OC1=O. The average Bonchev–Trinajstić information content (AvgIpc) is 3.40. The summed E-state index contributed by atoms with van der Waals surface area (Å²) in [6.45, 7) is 2.30. The normalized spacial score (nSPS) is 15.0. The second kappa shape index (κ2) is 36.2. The van der Waals surface area contributed by atoms with E-state index in [1.807, 2.05) is 0 Å². The van der Waals surface area contributed by atoms with Gasteiger partial charge in [-0.25, -0.2) is 0 Å². The van der Waals surface area contributed by atoms with Crippen LogP contribution in [0.5, 0.6) is 0 Å². The summed E-state index contributed by atoms with van der Waals surface area (Å²) >= 11 is 0. The highest BCUT2D eigenvalue weighted by Gasteiger charge is 2.32. The molecule has 3 nitrogen and oxygen atoms in total. The Morgan fingerprint density at radius 1 is 0.426 bits per heavy atom. The maximum absolute atomic E-state index is 11.5. The van der Waals surface area contributed by atoms with Crippen molar-refractivity contribution in [2.45, 2.75) is 251 Å². The van der Waals surface area contributed by atoms with Gasteiger partial charge >= 0.3 is 11.9 Å². The summed E-state index contributed by atoms with van der Waals surface area (Å²) in [7, 11) is 0. The minimum atomic E-state index is -0.348. The van der Waals surface area contributed by atoms with Gasteiger partial charge in [0.05, 0.1) is 12.3 Å². The first kappa shape index (κ1) is 43.9. The number of cyclic esters (lactones) is 2. The van der Waals surface area contributed by atoms with E-state index in [0.29, 0.717) is 6.42 Å². The molecular formula is C44H82O3. The fourth-order valence-corrected chi connectivity index (χ4v) is 7.27. The Labute approximate surface area is 294 Å². The van der Waals surface area contributed by atoms with E-state index in [4.69, 9.17) is 0 Å². The minimum absolute atomic E-state index is 0.175. The van der Waals surface area contributed by atoms with Crippen molar-refractivity contribution < 1.29 is 14.3 Å². The van der Waals surface area contributed by atoms with E-state index in [0.717, 1.165) is 25.7 Å². The summed E-state index contributed by atoms with van der Waals surface area (Å²) < 4.78 is 4.61. The molecule has 0 aromatic rings. The number of carbonyl (C=O) groups is 2. The Morgan fingerprint density at radius 3 is 0.979 bits per heavy atom. The number of rotatable bonds is 38. The molecule has 3 heteroatoms. The Kier molecular flexibility index (Phi) is 33.8. The molecule has 0 N–H and O–H groups in total. The van der Waals surface area contributed by atoms with E-state index in [1.54, 1.807) is 0 Å². The van der Waals surface area contributed by atoms with E-state index in [-0.39, 0.29) is 17.9 Å². The number of ether oxygens (including phenoxy) is 1. The van der Waals surface area contributed by atoms with Crippen molar-refractivity contribution in [3.8, 4) is 0 Å². The maximum atomic E-state index is 11.5. The third-order valence-corrected chi connectivity index (χ3v) is 10.5. The number of carbonyl (C=O) groups excluding carboxylic acids is 2. The van der Waals surface area contributed by atoms with E-state index in [9.17, 15) is 9.59 Å². The molecule has 276 valence electrons. The van der Waals surface area contributed by atoms with Crippen molar-refractivity contribution in [1.82, 2.24) is 0 Å². The van der Waals surface area contributed by atoms with Gasteiger partial charge in [0.25, 0.3) is 0 Å². The highest BCUT2D eigenvalue weighted by Crippen LogP contribution is 2.22. The number of hydrogen-bond donors (Lipinski definition) is 0. The lowest BCUT2D eigenvalue weighted by atomic mass is 9.99. The van der Waals surface area contributed by atoms with Crippen molar-refractivity contribution in [2.75, 3.05) is 0 Å². The first-order valence-electron chi connectivity index (χ1n) is 21.6. The third-order valence-electron chi connectivity index (χ3n) is 10.5. The molecule has 47 heavy (non-hydrogen) atoms. The second-order valence-corrected chi connectivity index (χ2v) is 15.2. The summed E-state index contributed by atoms with van der Waals surface area (Å²) in [5.41, 5.74) is 0. The van der Waals surface area contributed by atoms with Crippen LogP contribution in [0.15, 0.2) is 12.2 Å². The number of allylic oxidation sites excluding steroid dienone is 2. The quantitative estimate of drug-likeness (QED) is 0.0287. The summed E-state index contributed by atoms with van der Waals surface area (Å²) in [5.74, 6) is -0.831. The average molecular weight is 659 g/mol. The first-order chi connectivity index (χ1) is 23.2. The van der Waals surface area contributed by atoms with Gasteiger partial charge in [0.2, 0.25) is 0 Å². The Morgan fingerprint density at radius 2 is 0.702 bits per heavy atom. The molecule has 0 aromatic carbocycles. The van der Waals surface area contributed by atoms with Gasteiger partial charge in [-0.15, -0.1) is 0 Å². The summed E-state index contributed by atoms with van der Waals surface area (Å²) in [5, 5.41) is 0. The van der Waals surface area contributed by atoms with Crippen LogP contribution in [-0.4, -0.2) is 11.9 Å². The maximum Gasteiger partial charge on any atom is 0.317 e. The first-order valence-corrected chi connectivity index (χ1v) is 21.6. The Hall–Kier alpha value is -1.12. The molecule has 1 aliphatic heterocycles. The fraction of sp³-hybridized carbons (Fsp3) is 0.909. The largest absolute Gasteiger partial charge is 0.393 e. The van der Waals surface area contributed by atoms with E-state index >= 15 is 0 Å². The van der Waals surface area contributed by atoms with Crippen LogP contribution in [0.25, 0.3) is 0 Å². The molecular weight excluding hydrogens is 576 g/mol. The second-order valence-electron chi connectivity index (χ2n) is 15.2. The zero-order chi connectivity index (χ0) is 33.7. The molecule has 1 saturated heterocycles. The van der Waals surface area contributed by atoms with Gasteiger partial charge < -0.3 is 4.74 Å². The van der Waals surface area contributed by atoms with Gasteiger partial charge in [0.1, 0.15) is 0 Å². The van der Waals surface area contributed by atoms with Gasteiger partial charge in [0, 0.05) is 0 Å². The van der Waals surface area contributed by atoms with Crippen LogP contribution in [0.4, 0.5) is 0 Å². The van der Waals surface area contributed by atoms with Crippen LogP contribution in [0.2, 0.25) is 0 Å². The lowest BCUT2D eigenvalue weighted by Gasteiger charge is -2.04. The highest BCUT2D eigenvalue weighted by atomic mass is 16.6. The predicted molar refractivity (Wildman–Crippen MR) is 205 cm³/mol. The van der Waals surface area contributed by atoms with Gasteiger partial charge in [-0.05, 0) is 32.1 Å². The molecule has 1 heterocycles. The van der Waals surface area contributed by atoms with Crippen LogP contribution < -0.4 is 0 Å². The van der Waals surface area contributed by atoms with Crippen LogP contribution in [0.1, 0.15) is 251 Å². The lowest BCUT2D eigenvalue weighted by molar-refractivity contribution is -0.153. The summed E-state index contributed by atoms with van der Waals surface area (Å²) in [6.07, 6.45) is 56.5. The Bertz CT molecular complexity index is 698. The van der Waals surface area contributed by atoms with Crippen LogP contribution in [0, 0.1) is 5.92 Å². The van der Waals surface area contributed by atoms with Crippen molar-refractivity contribution in [3.63, 3.8) is 0 Å². The molecule has 1 fully saturated rings. The minimum Gasteiger partial charge on any atom is -0.393 e. The van der Waals surface area contributed by atoms with Gasteiger partial charge in [0.15, 0.2) is 0 Å². The molecule has 0 radical (unpaired) electrons. The topological polar surface area (TPSA) is 43.4 Å². The summed E-state index contributed by atoms with van der Waals surface area (Å²) in [4.78, 5) is 22.6. The van der Waals surface area contributed by atoms with Crippen molar-refractivity contribution in [3.05, 3.63) is 12.2 Å². The molecule has 1 aliphatic rings. The van der Waals surface area contributed by atoms with Crippen molar-refractivity contribution in [1.29, 1.82) is 0 Å². The van der Waals surface area contributed by atoms with E-state index < -0.39 is 0 Å². The van der Waals surface area contributed by atoms with Crippen LogP contribution in [-0.2, 0) is 14.3 Å². The molecule has 0 amide bonds. The smallest absolute Gasteiger partial charge is 0.317 e. The van der Waals surface area contributed by atoms with Gasteiger partial charge in [-0.2, -0.15) is 0 Å². The zero-order valence-electron chi connectivity index (χ0n) is 31.8. The standard InChI is InChI=1S/C44H82O3/c1-2-3-4-5-6-7-8-9-10-11-12-13-14-15-16-17-18-19-20-21-22-23-24-25-26-27-28-29-30-31-32-33-34-35-36-37-38-39-40-42-41-43(45)47-44(42)46/h34-35,42H,2-33,36-41H2,1H3. The molecule has 0 aromatic heterocycles. The molecule has 0 aliphatic carbocycles. The number of esters is 2. The molecule has 1 atom stereocenters. The summed E-state index contributed by atoms with van der Waals surface area (Å²) in [6, 6.07) is 0. The zero-order valence-corrected chi connectivity index (χ0v) is 31.8. The molecule has 0 saturated carbocycles. The number of hydrogen-bond acceptors (Lipinski definition) is 3. The highest BCUT2D eigenvalue weighted by molar-refractivity contribution is 5.94. The van der Waals surface area contributed by atoms with Crippen molar-refractivity contribution >= 4 is 11.9 Å². The van der Waals surface area contributed by atoms with E-state index in [2.05, 4.69) is 23.8 Å². The van der Waals surface area contributed by atoms with E-state index in [1.165, 1.54) is 212 Å². The molecule has 1 unspecified atom stereocenters. The Balaban J connectivity index is 1.63. The molecule has 0 bridgehead atoms. The van der Waals surface area contributed by atoms with Gasteiger partial charge in [-0.3, -0.25) is 9.59 Å². The monoisotopic (exact) mass is 659 g/mol. The predicted octanol–water partition coefficient (Wildman–Crippen LogP) is 15.1.